The zero-order chi connectivity index (χ0) is 12.5. The van der Waals surface area contributed by atoms with Crippen LogP contribution in [0.15, 0.2) is 24.3 Å². The highest BCUT2D eigenvalue weighted by molar-refractivity contribution is 6.30. The first-order chi connectivity index (χ1) is 8.04. The van der Waals surface area contributed by atoms with Crippen LogP contribution in [0.2, 0.25) is 5.02 Å². The van der Waals surface area contributed by atoms with E-state index < -0.39 is 11.4 Å². The van der Waals surface area contributed by atoms with Crippen molar-refractivity contribution in [3.8, 4) is 0 Å². The number of ketones is 1. The Bertz CT molecular complexity index is 440. The molecule has 4 heteroatoms. The van der Waals surface area contributed by atoms with Crippen LogP contribution in [0.4, 0.5) is 0 Å². The minimum absolute atomic E-state index is 0.149. The van der Waals surface area contributed by atoms with E-state index >= 15 is 0 Å². The third-order valence-electron chi connectivity index (χ3n) is 3.47. The van der Waals surface area contributed by atoms with Gasteiger partial charge in [0.25, 0.3) is 0 Å². The second kappa shape index (κ2) is 4.49. The van der Waals surface area contributed by atoms with Gasteiger partial charge in [-0.15, -0.1) is 0 Å². The zero-order valence-electron chi connectivity index (χ0n) is 9.28. The summed E-state index contributed by atoms with van der Waals surface area (Å²) in [5.41, 5.74) is -0.180. The number of carboxylic acid groups (broad SMARTS) is 1. The molecule has 1 N–H and O–H groups in total. The molecule has 2 rings (SSSR count). The van der Waals surface area contributed by atoms with Crippen LogP contribution in [0.25, 0.3) is 0 Å². The molecule has 0 heterocycles. The van der Waals surface area contributed by atoms with Crippen LogP contribution >= 0.6 is 11.6 Å². The summed E-state index contributed by atoms with van der Waals surface area (Å²) in [6.07, 6.45) is 1.44. The SMILES string of the molecule is O=C1CCC(C(=O)O)(c2ccc(Cl)cc2)CC1. The first kappa shape index (κ1) is 12.1. The van der Waals surface area contributed by atoms with E-state index in [4.69, 9.17) is 11.6 Å². The van der Waals surface area contributed by atoms with Gasteiger partial charge in [0.15, 0.2) is 0 Å². The maximum Gasteiger partial charge on any atom is 0.314 e. The maximum atomic E-state index is 11.5. The third-order valence-corrected chi connectivity index (χ3v) is 3.72. The summed E-state index contributed by atoms with van der Waals surface area (Å²) in [5.74, 6) is -0.705. The van der Waals surface area contributed by atoms with E-state index in [1.165, 1.54) is 0 Å². The van der Waals surface area contributed by atoms with Gasteiger partial charge in [-0.3, -0.25) is 9.59 Å². The highest BCUT2D eigenvalue weighted by atomic mass is 35.5. The molecule has 3 nitrogen and oxygen atoms in total. The fourth-order valence-electron chi connectivity index (χ4n) is 2.35. The van der Waals surface area contributed by atoms with Gasteiger partial charge < -0.3 is 5.11 Å². The van der Waals surface area contributed by atoms with Crippen molar-refractivity contribution in [3.05, 3.63) is 34.9 Å². The van der Waals surface area contributed by atoms with Gasteiger partial charge in [-0.1, -0.05) is 23.7 Å². The largest absolute Gasteiger partial charge is 0.481 e. The van der Waals surface area contributed by atoms with Crippen molar-refractivity contribution in [1.82, 2.24) is 0 Å². The molecule has 1 aliphatic carbocycles. The molecule has 1 saturated carbocycles. The molecule has 0 aromatic heterocycles. The van der Waals surface area contributed by atoms with Gasteiger partial charge in [0, 0.05) is 17.9 Å². The summed E-state index contributed by atoms with van der Waals surface area (Å²) in [5, 5.41) is 10.0. The van der Waals surface area contributed by atoms with Crippen LogP contribution < -0.4 is 0 Å². The number of aliphatic carboxylic acids is 1. The van der Waals surface area contributed by atoms with Gasteiger partial charge in [0.1, 0.15) is 5.78 Å². The predicted octanol–water partition coefficient (Wildman–Crippen LogP) is 2.81. The Balaban J connectivity index is 2.38. The molecule has 1 fully saturated rings. The predicted molar refractivity (Wildman–Crippen MR) is 64.2 cm³/mol. The second-order valence-corrected chi connectivity index (χ2v) is 4.87. The molecular weight excluding hydrogens is 240 g/mol. The lowest BCUT2D eigenvalue weighted by Crippen LogP contribution is -2.39. The van der Waals surface area contributed by atoms with Gasteiger partial charge >= 0.3 is 5.97 Å². The van der Waals surface area contributed by atoms with Crippen LogP contribution in [-0.2, 0) is 15.0 Å². The molecule has 0 unspecified atom stereocenters. The summed E-state index contributed by atoms with van der Waals surface area (Å²) in [4.78, 5) is 22.8. The fraction of sp³-hybridized carbons (Fsp3) is 0.385. The van der Waals surface area contributed by atoms with Crippen molar-refractivity contribution in [2.24, 2.45) is 0 Å². The molecule has 0 radical (unpaired) electrons. The van der Waals surface area contributed by atoms with E-state index in [0.29, 0.717) is 30.7 Å². The summed E-state index contributed by atoms with van der Waals surface area (Å²) in [7, 11) is 0. The first-order valence-electron chi connectivity index (χ1n) is 5.56. The topological polar surface area (TPSA) is 54.4 Å². The Morgan fingerprint density at radius 3 is 2.18 bits per heavy atom. The lowest BCUT2D eigenvalue weighted by atomic mass is 9.69. The smallest absolute Gasteiger partial charge is 0.314 e. The molecule has 0 spiro atoms. The number of halogens is 1. The molecule has 90 valence electrons. The number of Topliss-reactive ketones (excluding diaryl/α,β-unsaturated/α-hetero) is 1. The van der Waals surface area contributed by atoms with Crippen molar-refractivity contribution in [3.63, 3.8) is 0 Å². The van der Waals surface area contributed by atoms with Crippen LogP contribution in [0.3, 0.4) is 0 Å². The number of hydrogen-bond acceptors (Lipinski definition) is 2. The second-order valence-electron chi connectivity index (χ2n) is 4.43. The van der Waals surface area contributed by atoms with Crippen molar-refractivity contribution in [1.29, 1.82) is 0 Å². The molecule has 0 aliphatic heterocycles. The summed E-state index contributed by atoms with van der Waals surface area (Å²) in [6, 6.07) is 6.87. The Morgan fingerprint density at radius 1 is 1.18 bits per heavy atom. The Kier molecular flexibility index (Phi) is 3.20. The number of benzene rings is 1. The maximum absolute atomic E-state index is 11.5. The summed E-state index contributed by atoms with van der Waals surface area (Å²) >= 11 is 5.80. The molecule has 0 atom stereocenters. The lowest BCUT2D eigenvalue weighted by molar-refractivity contribution is -0.146. The molecule has 1 aliphatic rings. The summed E-state index contributed by atoms with van der Waals surface area (Å²) < 4.78 is 0. The molecular formula is C13H13ClO3. The number of hydrogen-bond donors (Lipinski definition) is 1. The molecule has 0 saturated heterocycles. The fourth-order valence-corrected chi connectivity index (χ4v) is 2.48. The minimum Gasteiger partial charge on any atom is -0.481 e. The summed E-state index contributed by atoms with van der Waals surface area (Å²) in [6.45, 7) is 0. The minimum atomic E-state index is -0.918. The van der Waals surface area contributed by atoms with E-state index in [-0.39, 0.29) is 5.78 Å². The van der Waals surface area contributed by atoms with E-state index in [1.807, 2.05) is 0 Å². The lowest BCUT2D eigenvalue weighted by Gasteiger charge is -2.33. The molecule has 0 amide bonds. The standard InChI is InChI=1S/C13H13ClO3/c14-10-3-1-9(2-4-10)13(12(16)17)7-5-11(15)6-8-13/h1-4H,5-8H2,(H,16,17). The van der Waals surface area contributed by atoms with Crippen LogP contribution in [0.1, 0.15) is 31.2 Å². The third kappa shape index (κ3) is 2.20. The number of rotatable bonds is 2. The number of carbonyl (C=O) groups is 2. The van der Waals surface area contributed by atoms with E-state index in [1.54, 1.807) is 24.3 Å². The molecule has 1 aromatic rings. The Morgan fingerprint density at radius 2 is 1.71 bits per heavy atom. The average Bonchev–Trinajstić information content (AvgIpc) is 2.31. The highest BCUT2D eigenvalue weighted by Gasteiger charge is 2.43. The highest BCUT2D eigenvalue weighted by Crippen LogP contribution is 2.38. The van der Waals surface area contributed by atoms with Crippen LogP contribution in [0, 0.1) is 0 Å². The van der Waals surface area contributed by atoms with Crippen molar-refractivity contribution >= 4 is 23.4 Å². The van der Waals surface area contributed by atoms with Crippen molar-refractivity contribution in [2.45, 2.75) is 31.1 Å². The van der Waals surface area contributed by atoms with Gasteiger partial charge in [-0.2, -0.15) is 0 Å². The monoisotopic (exact) mass is 252 g/mol. The van der Waals surface area contributed by atoms with Crippen LogP contribution in [-0.4, -0.2) is 16.9 Å². The molecule has 1 aromatic carbocycles. The first-order valence-corrected chi connectivity index (χ1v) is 5.93. The van der Waals surface area contributed by atoms with Gasteiger partial charge in [-0.25, -0.2) is 0 Å². The zero-order valence-corrected chi connectivity index (χ0v) is 10.0. The van der Waals surface area contributed by atoms with Crippen molar-refractivity contribution in [2.75, 3.05) is 0 Å². The normalized spacial score (nSPS) is 19.0. The Labute approximate surface area is 104 Å². The van der Waals surface area contributed by atoms with E-state index in [9.17, 15) is 14.7 Å². The molecule has 0 bridgehead atoms. The number of carbonyl (C=O) groups excluding carboxylic acids is 1. The van der Waals surface area contributed by atoms with Gasteiger partial charge in [0.2, 0.25) is 0 Å². The van der Waals surface area contributed by atoms with E-state index in [2.05, 4.69) is 0 Å². The van der Waals surface area contributed by atoms with E-state index in [0.717, 1.165) is 5.56 Å². The number of carboxylic acids is 1. The average molecular weight is 253 g/mol. The quantitative estimate of drug-likeness (QED) is 0.881. The van der Waals surface area contributed by atoms with Crippen LogP contribution in [0.5, 0.6) is 0 Å². The molecule has 17 heavy (non-hydrogen) atoms. The van der Waals surface area contributed by atoms with Gasteiger partial charge in [0.05, 0.1) is 5.41 Å². The Hall–Kier alpha value is -1.35. The van der Waals surface area contributed by atoms with Gasteiger partial charge in [-0.05, 0) is 30.5 Å². The van der Waals surface area contributed by atoms with Crippen molar-refractivity contribution < 1.29 is 14.7 Å².